The molecule has 6 aromatic rings. The van der Waals surface area contributed by atoms with Gasteiger partial charge in [0, 0.05) is 67.6 Å². The van der Waals surface area contributed by atoms with Crippen molar-refractivity contribution < 1.29 is 9.59 Å². The molecule has 0 aliphatic rings. The summed E-state index contributed by atoms with van der Waals surface area (Å²) in [4.78, 5) is 25.4. The van der Waals surface area contributed by atoms with Crippen LogP contribution in [0.4, 0.5) is 5.13 Å². The van der Waals surface area contributed by atoms with Gasteiger partial charge in [-0.25, -0.2) is 0 Å². The van der Waals surface area contributed by atoms with Crippen molar-refractivity contribution >= 4 is 73.1 Å². The number of amides is 1. The van der Waals surface area contributed by atoms with Gasteiger partial charge >= 0.3 is 0 Å². The van der Waals surface area contributed by atoms with Gasteiger partial charge in [-0.05, 0) is 34.8 Å². The topological polar surface area (TPSA) is 108 Å². The van der Waals surface area contributed by atoms with E-state index in [-0.39, 0.29) is 18.1 Å². The van der Waals surface area contributed by atoms with E-state index >= 15 is 0 Å². The monoisotopic (exact) mass is 629 g/mol. The van der Waals surface area contributed by atoms with E-state index in [1.807, 2.05) is 73.1 Å². The van der Waals surface area contributed by atoms with Crippen LogP contribution in [0.3, 0.4) is 0 Å². The van der Waals surface area contributed by atoms with Crippen LogP contribution in [0.5, 0.6) is 0 Å². The molecule has 1 N–H and O–H groups in total. The number of aromatic nitrogens is 6. The number of para-hydroxylation sites is 2. The standard InChI is InChI=1S/C31H31N7O2S3/c1-37-18-20(23-7-3-5-9-25(23)37)15-22(39)17-30-35-33-28(42-30)11-13-41-14-12-29-34-36-31(43-29)32-27(40)16-21-19-38(2)26-10-6-4-8-24(21)26/h3-10,18-19H,11-17H2,1-2H3,(H,32,36,40). The maximum absolute atomic E-state index is 12.8. The molecule has 9 nitrogen and oxygen atoms in total. The Labute approximate surface area is 261 Å². The number of anilines is 1. The first-order valence-corrected chi connectivity index (χ1v) is 16.8. The van der Waals surface area contributed by atoms with Gasteiger partial charge in [0.05, 0.1) is 12.8 Å². The van der Waals surface area contributed by atoms with Crippen LogP contribution in [0.1, 0.15) is 26.1 Å². The molecule has 220 valence electrons. The van der Waals surface area contributed by atoms with Crippen LogP contribution in [0.25, 0.3) is 21.8 Å². The number of ketones is 1. The van der Waals surface area contributed by atoms with Crippen molar-refractivity contribution in [1.82, 2.24) is 29.5 Å². The van der Waals surface area contributed by atoms with Crippen molar-refractivity contribution in [3.05, 3.63) is 87.1 Å². The first kappa shape index (κ1) is 29.2. The molecule has 6 rings (SSSR count). The van der Waals surface area contributed by atoms with Crippen molar-refractivity contribution in [2.24, 2.45) is 14.1 Å². The largest absolute Gasteiger partial charge is 0.350 e. The molecule has 4 heterocycles. The molecule has 12 heteroatoms. The summed E-state index contributed by atoms with van der Waals surface area (Å²) in [7, 11) is 3.99. The summed E-state index contributed by atoms with van der Waals surface area (Å²) in [5.74, 6) is 1.86. The van der Waals surface area contributed by atoms with E-state index in [0.717, 1.165) is 72.3 Å². The summed E-state index contributed by atoms with van der Waals surface area (Å²) in [6.07, 6.45) is 6.63. The Balaban J connectivity index is 0.906. The van der Waals surface area contributed by atoms with E-state index in [4.69, 9.17) is 0 Å². The van der Waals surface area contributed by atoms with Crippen molar-refractivity contribution in [3.63, 3.8) is 0 Å². The van der Waals surface area contributed by atoms with Gasteiger partial charge in [-0.1, -0.05) is 47.7 Å². The normalized spacial score (nSPS) is 11.5. The third kappa shape index (κ3) is 7.03. The molecule has 0 radical (unpaired) electrons. The number of benzene rings is 2. The molecular weight excluding hydrogens is 599 g/mol. The van der Waals surface area contributed by atoms with Gasteiger partial charge in [-0.3, -0.25) is 9.59 Å². The summed E-state index contributed by atoms with van der Waals surface area (Å²) in [6.45, 7) is 0. The molecule has 0 aliphatic carbocycles. The van der Waals surface area contributed by atoms with E-state index < -0.39 is 0 Å². The van der Waals surface area contributed by atoms with Gasteiger partial charge in [0.25, 0.3) is 0 Å². The van der Waals surface area contributed by atoms with Gasteiger partial charge in [-0.2, -0.15) is 11.8 Å². The molecule has 0 unspecified atom stereocenters. The summed E-state index contributed by atoms with van der Waals surface area (Å²) in [6, 6.07) is 16.2. The minimum absolute atomic E-state index is 0.0971. The average molecular weight is 630 g/mol. The number of nitrogens with one attached hydrogen (secondary N) is 1. The molecule has 1 amide bonds. The number of aryl methyl sites for hydroxylation is 4. The molecule has 0 spiro atoms. The molecule has 0 fully saturated rings. The van der Waals surface area contributed by atoms with Crippen LogP contribution in [-0.4, -0.2) is 52.7 Å². The molecule has 4 aromatic heterocycles. The maximum atomic E-state index is 12.8. The van der Waals surface area contributed by atoms with E-state index in [9.17, 15) is 9.59 Å². The zero-order valence-electron chi connectivity index (χ0n) is 23.9. The zero-order valence-corrected chi connectivity index (χ0v) is 26.4. The summed E-state index contributed by atoms with van der Waals surface area (Å²) in [5.41, 5.74) is 4.28. The molecular formula is C31H31N7O2S3. The SMILES string of the molecule is Cn1cc(CC(=O)Cc2nnc(CCSCCc3nnc(NC(=O)Cc4cn(C)c5ccccc45)s3)s2)c2ccccc21. The number of carbonyl (C=O) groups excluding carboxylic acids is 2. The van der Waals surface area contributed by atoms with Gasteiger partial charge < -0.3 is 14.5 Å². The quantitative estimate of drug-likeness (QED) is 0.170. The molecule has 0 bridgehead atoms. The number of nitrogens with zero attached hydrogens (tertiary/aromatic N) is 6. The number of rotatable bonds is 13. The van der Waals surface area contributed by atoms with Crippen molar-refractivity contribution in [2.75, 3.05) is 16.8 Å². The smallest absolute Gasteiger partial charge is 0.230 e. The number of hydrogen-bond acceptors (Lipinski definition) is 9. The van der Waals surface area contributed by atoms with E-state index in [1.165, 1.54) is 22.7 Å². The highest BCUT2D eigenvalue weighted by Crippen LogP contribution is 2.24. The van der Waals surface area contributed by atoms with E-state index in [1.54, 1.807) is 0 Å². The Kier molecular flexibility index (Phi) is 8.96. The van der Waals surface area contributed by atoms with Crippen LogP contribution < -0.4 is 5.32 Å². The predicted octanol–water partition coefficient (Wildman–Crippen LogP) is 5.43. The number of fused-ring (bicyclic) bond motifs is 2. The fourth-order valence-corrected chi connectivity index (χ4v) is 7.97. The second-order valence-electron chi connectivity index (χ2n) is 10.4. The van der Waals surface area contributed by atoms with Crippen molar-refractivity contribution in [2.45, 2.75) is 32.1 Å². The Morgan fingerprint density at radius 2 is 1.28 bits per heavy atom. The Hall–Kier alpha value is -3.87. The van der Waals surface area contributed by atoms with Crippen LogP contribution >= 0.6 is 34.4 Å². The van der Waals surface area contributed by atoms with Crippen LogP contribution in [0.2, 0.25) is 0 Å². The van der Waals surface area contributed by atoms with Gasteiger partial charge in [0.2, 0.25) is 11.0 Å². The number of hydrogen-bond donors (Lipinski definition) is 1. The fraction of sp³-hybridized carbons (Fsp3) is 0.290. The molecule has 0 saturated carbocycles. The van der Waals surface area contributed by atoms with Gasteiger partial charge in [-0.15, -0.1) is 31.7 Å². The van der Waals surface area contributed by atoms with Crippen LogP contribution in [0, 0.1) is 0 Å². The van der Waals surface area contributed by atoms with E-state index in [0.29, 0.717) is 18.0 Å². The van der Waals surface area contributed by atoms with E-state index in [2.05, 4.69) is 48.5 Å². The second-order valence-corrected chi connectivity index (χ2v) is 13.8. The molecule has 0 saturated heterocycles. The highest BCUT2D eigenvalue weighted by Gasteiger charge is 2.15. The lowest BCUT2D eigenvalue weighted by Crippen LogP contribution is -2.14. The minimum Gasteiger partial charge on any atom is -0.350 e. The molecule has 0 atom stereocenters. The number of Topliss-reactive ketones (excluding diaryl/α,β-unsaturated/α-hetero) is 1. The Morgan fingerprint density at radius 1 is 0.721 bits per heavy atom. The lowest BCUT2D eigenvalue weighted by Gasteiger charge is -2.00. The lowest BCUT2D eigenvalue weighted by atomic mass is 10.1. The highest BCUT2D eigenvalue weighted by atomic mass is 32.2. The summed E-state index contributed by atoms with van der Waals surface area (Å²) < 4.78 is 4.10. The highest BCUT2D eigenvalue weighted by molar-refractivity contribution is 7.99. The van der Waals surface area contributed by atoms with Crippen LogP contribution in [0.15, 0.2) is 60.9 Å². The first-order chi connectivity index (χ1) is 20.9. The van der Waals surface area contributed by atoms with Gasteiger partial charge in [0.1, 0.15) is 20.8 Å². The second kappa shape index (κ2) is 13.2. The third-order valence-electron chi connectivity index (χ3n) is 7.19. The molecule has 43 heavy (non-hydrogen) atoms. The number of thioether (sulfide) groups is 1. The van der Waals surface area contributed by atoms with Crippen molar-refractivity contribution in [3.8, 4) is 0 Å². The lowest BCUT2D eigenvalue weighted by molar-refractivity contribution is -0.118. The fourth-order valence-electron chi connectivity index (χ4n) is 5.20. The summed E-state index contributed by atoms with van der Waals surface area (Å²) >= 11 is 4.76. The molecule has 0 aliphatic heterocycles. The summed E-state index contributed by atoms with van der Waals surface area (Å²) in [5, 5.41) is 25.2. The average Bonchev–Trinajstić information content (AvgIpc) is 3.77. The minimum atomic E-state index is -0.0971. The predicted molar refractivity (Wildman–Crippen MR) is 175 cm³/mol. The Morgan fingerprint density at radius 3 is 1.95 bits per heavy atom. The maximum Gasteiger partial charge on any atom is 0.230 e. The Bertz CT molecular complexity index is 1770. The zero-order chi connectivity index (χ0) is 29.8. The molecule has 2 aromatic carbocycles. The first-order valence-electron chi connectivity index (χ1n) is 14.0. The third-order valence-corrected chi connectivity index (χ3v) is 10.1. The van der Waals surface area contributed by atoms with Crippen LogP contribution in [-0.2, 0) is 55.8 Å². The number of carbonyl (C=O) groups is 2. The van der Waals surface area contributed by atoms with Gasteiger partial charge in [0.15, 0.2) is 0 Å². The van der Waals surface area contributed by atoms with Crippen molar-refractivity contribution in [1.29, 1.82) is 0 Å².